The number of rotatable bonds is 7. The van der Waals surface area contributed by atoms with Crippen LogP contribution >= 0.6 is 0 Å². The summed E-state index contributed by atoms with van der Waals surface area (Å²) >= 11 is 0. The first-order valence-corrected chi connectivity index (χ1v) is 8.44. The number of anilines is 1. The molecule has 0 unspecified atom stereocenters. The van der Waals surface area contributed by atoms with E-state index in [1.807, 2.05) is 42.5 Å². The zero-order valence-corrected chi connectivity index (χ0v) is 14.7. The maximum atomic E-state index is 12.2. The number of carbonyl (C=O) groups is 1. The summed E-state index contributed by atoms with van der Waals surface area (Å²) in [5.74, 6) is 0.532. The van der Waals surface area contributed by atoms with Crippen molar-refractivity contribution in [3.8, 4) is 5.88 Å². The Balaban J connectivity index is 1.59. The minimum absolute atomic E-state index is 0.198. The molecule has 0 radical (unpaired) electrons. The van der Waals surface area contributed by atoms with Crippen LogP contribution in [0.5, 0.6) is 5.88 Å². The highest BCUT2D eigenvalue weighted by Gasteiger charge is 2.08. The maximum Gasteiger partial charge on any atom is 0.213 e. The summed E-state index contributed by atoms with van der Waals surface area (Å²) < 4.78 is 5.62. The molecule has 2 heterocycles. The molecule has 6 nitrogen and oxygen atoms in total. The first-order valence-electron chi connectivity index (χ1n) is 8.44. The second kappa shape index (κ2) is 8.62. The van der Waals surface area contributed by atoms with Gasteiger partial charge in [-0.25, -0.2) is 9.97 Å². The van der Waals surface area contributed by atoms with Gasteiger partial charge in [-0.15, -0.1) is 0 Å². The van der Waals surface area contributed by atoms with Crippen LogP contribution in [0, 0.1) is 0 Å². The van der Waals surface area contributed by atoms with Gasteiger partial charge in [0.25, 0.3) is 0 Å². The van der Waals surface area contributed by atoms with E-state index in [0.717, 1.165) is 11.1 Å². The largest absolute Gasteiger partial charge is 0.473 e. The number of hydrogen-bond acceptors (Lipinski definition) is 6. The fourth-order valence-electron chi connectivity index (χ4n) is 2.50. The van der Waals surface area contributed by atoms with E-state index in [1.54, 1.807) is 18.3 Å². The van der Waals surface area contributed by atoms with Crippen LogP contribution in [-0.2, 0) is 13.0 Å². The average molecular weight is 360 g/mol. The summed E-state index contributed by atoms with van der Waals surface area (Å²) in [6, 6.07) is 16.7. The zero-order valence-electron chi connectivity index (χ0n) is 14.7. The van der Waals surface area contributed by atoms with E-state index < -0.39 is 0 Å². The van der Waals surface area contributed by atoms with Crippen LogP contribution in [0.3, 0.4) is 0 Å². The van der Waals surface area contributed by atoms with Gasteiger partial charge >= 0.3 is 0 Å². The number of nitrogen functional groups attached to an aromatic ring is 1. The minimum Gasteiger partial charge on any atom is -0.473 e. The highest BCUT2D eigenvalue weighted by Crippen LogP contribution is 2.13. The molecule has 0 amide bonds. The molecule has 0 saturated carbocycles. The molecule has 0 aliphatic rings. The van der Waals surface area contributed by atoms with Gasteiger partial charge in [-0.2, -0.15) is 0 Å². The molecule has 1 aromatic carbocycles. The van der Waals surface area contributed by atoms with Gasteiger partial charge in [0, 0.05) is 36.7 Å². The molecule has 0 bridgehead atoms. The molecule has 0 aliphatic carbocycles. The lowest BCUT2D eigenvalue weighted by molar-refractivity contribution is 0.104. The summed E-state index contributed by atoms with van der Waals surface area (Å²) in [5.41, 5.74) is 14.6. The van der Waals surface area contributed by atoms with Crippen LogP contribution in [0.4, 0.5) is 5.82 Å². The van der Waals surface area contributed by atoms with Crippen LogP contribution in [0.2, 0.25) is 0 Å². The Kier molecular flexibility index (Phi) is 5.79. The number of aromatic nitrogens is 2. The van der Waals surface area contributed by atoms with Crippen LogP contribution in [0.25, 0.3) is 0 Å². The molecule has 6 heteroatoms. The monoisotopic (exact) mass is 360 g/mol. The van der Waals surface area contributed by atoms with Gasteiger partial charge in [0.15, 0.2) is 5.78 Å². The first kappa shape index (κ1) is 18.1. The normalized spacial score (nSPS) is 11.2. The molecule has 0 saturated heterocycles. The van der Waals surface area contributed by atoms with Crippen molar-refractivity contribution < 1.29 is 9.53 Å². The zero-order chi connectivity index (χ0) is 19.1. The number of carbonyl (C=O) groups excluding carboxylic acids is 1. The number of hydrogen-bond donors (Lipinski definition) is 2. The SMILES string of the molecule is N/C(=C\C(=O)c1cccnc1N)Cc1ccc(COc2ccccn2)cc1. The summed E-state index contributed by atoms with van der Waals surface area (Å²) in [7, 11) is 0. The van der Waals surface area contributed by atoms with Gasteiger partial charge in [-0.05, 0) is 29.3 Å². The Morgan fingerprint density at radius 2 is 1.70 bits per heavy atom. The van der Waals surface area contributed by atoms with Crippen LogP contribution in [0.1, 0.15) is 21.5 Å². The van der Waals surface area contributed by atoms with E-state index in [4.69, 9.17) is 16.2 Å². The van der Waals surface area contributed by atoms with Crippen molar-refractivity contribution in [3.63, 3.8) is 0 Å². The number of nitrogens with zero attached hydrogens (tertiary/aromatic N) is 2. The number of ketones is 1. The van der Waals surface area contributed by atoms with E-state index in [9.17, 15) is 4.79 Å². The standard InChI is InChI=1S/C21H20N4O2/c22-17(13-19(26)18-4-3-11-25-21(18)23)12-15-6-8-16(9-7-15)14-27-20-5-1-2-10-24-20/h1-11,13H,12,14,22H2,(H2,23,25)/b17-13-. The fourth-order valence-corrected chi connectivity index (χ4v) is 2.50. The van der Waals surface area contributed by atoms with Gasteiger partial charge in [0.2, 0.25) is 5.88 Å². The molecule has 2 aromatic heterocycles. The Labute approximate surface area is 157 Å². The summed E-state index contributed by atoms with van der Waals surface area (Å²) in [5, 5.41) is 0. The molecule has 27 heavy (non-hydrogen) atoms. The van der Waals surface area contributed by atoms with Gasteiger partial charge in [-0.3, -0.25) is 4.79 Å². The van der Waals surface area contributed by atoms with E-state index in [2.05, 4.69) is 9.97 Å². The quantitative estimate of drug-likeness (QED) is 0.496. The fraction of sp³-hybridized carbons (Fsp3) is 0.0952. The van der Waals surface area contributed by atoms with Crippen molar-refractivity contribution in [2.45, 2.75) is 13.0 Å². The molecule has 3 rings (SSSR count). The Morgan fingerprint density at radius 3 is 2.41 bits per heavy atom. The second-order valence-electron chi connectivity index (χ2n) is 5.97. The van der Waals surface area contributed by atoms with Gasteiger partial charge in [-0.1, -0.05) is 30.3 Å². The summed E-state index contributed by atoms with van der Waals surface area (Å²) in [4.78, 5) is 20.3. The van der Waals surface area contributed by atoms with Crippen molar-refractivity contribution >= 4 is 11.6 Å². The van der Waals surface area contributed by atoms with Crippen LogP contribution in [0.15, 0.2) is 78.8 Å². The Bertz CT molecular complexity index is 938. The minimum atomic E-state index is -0.251. The number of ether oxygens (including phenoxy) is 1. The van der Waals surface area contributed by atoms with Gasteiger partial charge in [0.05, 0.1) is 5.56 Å². The van der Waals surface area contributed by atoms with E-state index in [0.29, 0.717) is 30.2 Å². The van der Waals surface area contributed by atoms with Gasteiger partial charge in [0.1, 0.15) is 12.4 Å². The van der Waals surface area contributed by atoms with Crippen molar-refractivity contribution in [1.29, 1.82) is 0 Å². The smallest absolute Gasteiger partial charge is 0.213 e. The third-order valence-electron chi connectivity index (χ3n) is 3.88. The van der Waals surface area contributed by atoms with E-state index in [1.165, 1.54) is 12.3 Å². The van der Waals surface area contributed by atoms with Crippen molar-refractivity contribution in [2.75, 3.05) is 5.73 Å². The number of nitrogens with two attached hydrogens (primary N) is 2. The summed E-state index contributed by atoms with van der Waals surface area (Å²) in [6.07, 6.45) is 5.09. The summed E-state index contributed by atoms with van der Waals surface area (Å²) in [6.45, 7) is 0.432. The number of allylic oxidation sites excluding steroid dienone is 2. The number of pyridine rings is 2. The van der Waals surface area contributed by atoms with Gasteiger partial charge < -0.3 is 16.2 Å². The Hall–Kier alpha value is -3.67. The lowest BCUT2D eigenvalue weighted by Gasteiger charge is -2.07. The van der Waals surface area contributed by atoms with E-state index >= 15 is 0 Å². The number of benzene rings is 1. The molecule has 0 fully saturated rings. The highest BCUT2D eigenvalue weighted by molar-refractivity contribution is 6.07. The molecular weight excluding hydrogens is 340 g/mol. The lowest BCUT2D eigenvalue weighted by Crippen LogP contribution is -2.08. The molecule has 0 aliphatic heterocycles. The van der Waals surface area contributed by atoms with E-state index in [-0.39, 0.29) is 11.6 Å². The molecule has 4 N–H and O–H groups in total. The van der Waals surface area contributed by atoms with Crippen LogP contribution < -0.4 is 16.2 Å². The predicted molar refractivity (Wildman–Crippen MR) is 104 cm³/mol. The Morgan fingerprint density at radius 1 is 0.963 bits per heavy atom. The molecule has 0 atom stereocenters. The topological polar surface area (TPSA) is 104 Å². The third kappa shape index (κ3) is 5.15. The third-order valence-corrected chi connectivity index (χ3v) is 3.88. The first-order chi connectivity index (χ1) is 13.1. The van der Waals surface area contributed by atoms with Crippen molar-refractivity contribution in [3.05, 3.63) is 95.5 Å². The second-order valence-corrected chi connectivity index (χ2v) is 5.97. The van der Waals surface area contributed by atoms with Crippen LogP contribution in [-0.4, -0.2) is 15.8 Å². The van der Waals surface area contributed by atoms with Crippen molar-refractivity contribution in [1.82, 2.24) is 9.97 Å². The molecule has 3 aromatic rings. The average Bonchev–Trinajstić information content (AvgIpc) is 2.68. The molecule has 136 valence electrons. The highest BCUT2D eigenvalue weighted by atomic mass is 16.5. The lowest BCUT2D eigenvalue weighted by atomic mass is 10.1. The molecule has 0 spiro atoms. The maximum absolute atomic E-state index is 12.2. The van der Waals surface area contributed by atoms with Crippen molar-refractivity contribution in [2.24, 2.45) is 5.73 Å². The predicted octanol–water partition coefficient (Wildman–Crippen LogP) is 2.91. The molecular formula is C21H20N4O2.